The maximum atomic E-state index is 13.4. The number of ether oxygens (including phenoxy) is 3. The molecule has 1 heterocycles. The van der Waals surface area contributed by atoms with Crippen LogP contribution in [0.15, 0.2) is 36.4 Å². The van der Waals surface area contributed by atoms with Gasteiger partial charge in [0.15, 0.2) is 5.92 Å². The van der Waals surface area contributed by atoms with Gasteiger partial charge in [-0.15, -0.1) is 0 Å². The zero-order valence-electron chi connectivity index (χ0n) is 24.4. The van der Waals surface area contributed by atoms with E-state index < -0.39 is 82.2 Å². The van der Waals surface area contributed by atoms with Gasteiger partial charge >= 0.3 is 47.5 Å². The van der Waals surface area contributed by atoms with E-state index in [2.05, 4.69) is 5.32 Å². The van der Waals surface area contributed by atoms with Crippen LogP contribution in [-0.2, 0) is 33.4 Å². The molecular formula is C28H34BF4N2NaO9. The molecule has 3 rings (SSSR count). The van der Waals surface area contributed by atoms with Crippen molar-refractivity contribution in [1.29, 1.82) is 0 Å². The molecule has 17 heteroatoms. The summed E-state index contributed by atoms with van der Waals surface area (Å²) in [5.74, 6) is -11.5. The summed E-state index contributed by atoms with van der Waals surface area (Å²) in [7, 11) is 0. The second kappa shape index (κ2) is 19.8. The summed E-state index contributed by atoms with van der Waals surface area (Å²) in [4.78, 5) is 57.7. The van der Waals surface area contributed by atoms with Crippen LogP contribution in [-0.4, -0.2) is 70.1 Å². The molecule has 0 saturated carbocycles. The van der Waals surface area contributed by atoms with Gasteiger partial charge in [-0.05, 0) is 56.2 Å². The van der Waals surface area contributed by atoms with Crippen LogP contribution in [0.1, 0.15) is 43.7 Å². The van der Waals surface area contributed by atoms with E-state index in [0.29, 0.717) is 6.07 Å². The molecule has 2 aromatic rings. The molecule has 1 aliphatic rings. The van der Waals surface area contributed by atoms with Crippen molar-refractivity contribution in [3.8, 4) is 0 Å². The van der Waals surface area contributed by atoms with E-state index in [-0.39, 0.29) is 75.5 Å². The first-order valence-corrected chi connectivity index (χ1v) is 13.1. The fourth-order valence-electron chi connectivity index (χ4n) is 4.47. The number of esters is 3. The zero-order chi connectivity index (χ0) is 32.3. The van der Waals surface area contributed by atoms with Crippen molar-refractivity contribution in [3.05, 3.63) is 80.9 Å². The number of rotatable bonds is 11. The van der Waals surface area contributed by atoms with Gasteiger partial charge in [-0.3, -0.25) is 29.3 Å². The Morgan fingerprint density at radius 2 is 1.31 bits per heavy atom. The van der Waals surface area contributed by atoms with Crippen molar-refractivity contribution in [2.45, 2.75) is 32.6 Å². The molecule has 45 heavy (non-hydrogen) atoms. The van der Waals surface area contributed by atoms with Gasteiger partial charge in [0.05, 0.1) is 25.7 Å². The topological polar surface area (TPSA) is 151 Å². The summed E-state index contributed by atoms with van der Waals surface area (Å²) in [6.07, 6.45) is 0. The minimum absolute atomic E-state index is 0. The maximum absolute atomic E-state index is 13.4. The monoisotopic (exact) mass is 652 g/mol. The number of nitrogens with one attached hydrogen (secondary N) is 1. The fourth-order valence-corrected chi connectivity index (χ4v) is 4.47. The van der Waals surface area contributed by atoms with Crippen LogP contribution in [0.25, 0.3) is 0 Å². The molecule has 3 atom stereocenters. The Kier molecular flexibility index (Phi) is 18.3. The number of nitro groups is 1. The Hall–Kier alpha value is -3.50. The number of hydrogen-bond acceptors (Lipinski definition) is 9. The molecule has 11 nitrogen and oxygen atoms in total. The van der Waals surface area contributed by atoms with Gasteiger partial charge in [-0.1, -0.05) is 8.41 Å². The smallest absolute Gasteiger partial charge is 0.465 e. The molecule has 0 aliphatic carbocycles. The third-order valence-electron chi connectivity index (χ3n) is 6.18. The van der Waals surface area contributed by atoms with E-state index in [1.807, 2.05) is 0 Å². The van der Waals surface area contributed by atoms with E-state index in [4.69, 9.17) is 14.2 Å². The average molecular weight is 652 g/mol. The van der Waals surface area contributed by atoms with E-state index in [1.165, 1.54) is 13.8 Å². The fraction of sp³-hybridized carbons (Fsp3) is 0.429. The van der Waals surface area contributed by atoms with Gasteiger partial charge < -0.3 is 19.5 Å². The quantitative estimate of drug-likeness (QED) is 0.0612. The summed E-state index contributed by atoms with van der Waals surface area (Å²) in [6, 6.07) is 5.25. The first-order chi connectivity index (χ1) is 20.3. The summed E-state index contributed by atoms with van der Waals surface area (Å²) in [5.41, 5.74) is 0.0733. The van der Waals surface area contributed by atoms with Crippen LogP contribution >= 0.6 is 0 Å². The minimum Gasteiger partial charge on any atom is -0.465 e. The number of nitrogens with zero attached hydrogens (tertiary/aromatic N) is 1. The van der Waals surface area contributed by atoms with Crippen LogP contribution in [0, 0.1) is 45.2 Å². The molecule has 0 aromatic heterocycles. The Labute approximate surface area is 280 Å². The standard InChI is InChI=1S/C15H17F2NO6.C13H13F2NO3.BH4.Na/c1-3-23-14(19)13(15(20)24-4-2)12(8-18(21)22)9-5-10(16)7-11(17)6-9;1-2-19-13(18)11-10(6-16-12(11)17)7-3-8(14)5-9(15)4-7;;/h5-7,12-13H,3-4,8H2,1-2H3;3-5,10-11H,2,6H2,1H3,(H,16,17);1H4;/q;;-1;+1/t12-;10-,11?;;/m00../s1. The van der Waals surface area contributed by atoms with E-state index in [0.717, 1.165) is 30.3 Å². The molecule has 1 saturated heterocycles. The Bertz CT molecular complexity index is 1300. The van der Waals surface area contributed by atoms with Crippen molar-refractivity contribution in [1.82, 2.24) is 5.32 Å². The van der Waals surface area contributed by atoms with Gasteiger partial charge in [0, 0.05) is 29.5 Å². The molecule has 0 radical (unpaired) electrons. The predicted molar refractivity (Wildman–Crippen MR) is 151 cm³/mol. The Morgan fingerprint density at radius 3 is 1.73 bits per heavy atom. The van der Waals surface area contributed by atoms with Crippen molar-refractivity contribution < 1.29 is 85.4 Å². The predicted octanol–water partition coefficient (Wildman–Crippen LogP) is -1.02. The Balaban J connectivity index is 0.000000841. The molecule has 1 fully saturated rings. The number of benzene rings is 2. The summed E-state index contributed by atoms with van der Waals surface area (Å²) in [6.45, 7) is 3.87. The van der Waals surface area contributed by atoms with Crippen LogP contribution in [0.4, 0.5) is 17.6 Å². The number of carbonyl (C=O) groups excluding carboxylic acids is 4. The molecule has 1 N–H and O–H groups in total. The van der Waals surface area contributed by atoms with E-state index in [9.17, 15) is 46.9 Å². The summed E-state index contributed by atoms with van der Waals surface area (Å²) >= 11 is 0. The van der Waals surface area contributed by atoms with Crippen LogP contribution in [0.5, 0.6) is 0 Å². The number of carbonyl (C=O) groups is 4. The second-order valence-corrected chi connectivity index (χ2v) is 9.09. The molecule has 2 aromatic carbocycles. The van der Waals surface area contributed by atoms with Crippen molar-refractivity contribution in [2.75, 3.05) is 32.9 Å². The van der Waals surface area contributed by atoms with Gasteiger partial charge in [-0.25, -0.2) is 17.6 Å². The molecule has 1 amide bonds. The van der Waals surface area contributed by atoms with Crippen LogP contribution in [0.2, 0.25) is 0 Å². The maximum Gasteiger partial charge on any atom is 1.00 e. The second-order valence-electron chi connectivity index (χ2n) is 9.09. The van der Waals surface area contributed by atoms with Gasteiger partial charge in [0.1, 0.15) is 29.2 Å². The normalized spacial score (nSPS) is 15.7. The van der Waals surface area contributed by atoms with Crippen LogP contribution in [0.3, 0.4) is 0 Å². The van der Waals surface area contributed by atoms with Gasteiger partial charge in [-0.2, -0.15) is 0 Å². The third-order valence-corrected chi connectivity index (χ3v) is 6.18. The van der Waals surface area contributed by atoms with Gasteiger partial charge in [0.25, 0.3) is 0 Å². The molecule has 0 bridgehead atoms. The molecule has 1 unspecified atom stereocenters. The Morgan fingerprint density at radius 1 is 0.867 bits per heavy atom. The zero-order valence-corrected chi connectivity index (χ0v) is 26.4. The average Bonchev–Trinajstić information content (AvgIpc) is 3.29. The summed E-state index contributed by atoms with van der Waals surface area (Å²) < 4.78 is 67.6. The van der Waals surface area contributed by atoms with Crippen molar-refractivity contribution in [2.24, 2.45) is 11.8 Å². The number of amides is 1. The van der Waals surface area contributed by atoms with Gasteiger partial charge in [0.2, 0.25) is 12.5 Å². The molecule has 0 spiro atoms. The first-order valence-electron chi connectivity index (χ1n) is 13.1. The summed E-state index contributed by atoms with van der Waals surface area (Å²) in [5, 5.41) is 13.4. The largest absolute Gasteiger partial charge is 1.00 e. The van der Waals surface area contributed by atoms with Crippen molar-refractivity contribution >= 4 is 32.2 Å². The number of halogens is 4. The minimum atomic E-state index is -1.70. The SMILES string of the molecule is CCOC(=O)C(C(=O)OCC)[C@@H](C[N+](=O)[O-])c1cc(F)cc(F)c1.CCOC(=O)C1C(=O)NC[C@H]1c1cc(F)cc(F)c1.[BH4-].[Na+]. The molecular weight excluding hydrogens is 618 g/mol. The first kappa shape index (κ1) is 41.5. The number of hydrogen-bond donors (Lipinski definition) is 1. The van der Waals surface area contributed by atoms with E-state index >= 15 is 0 Å². The van der Waals surface area contributed by atoms with Crippen molar-refractivity contribution in [3.63, 3.8) is 0 Å². The third kappa shape index (κ3) is 12.1. The molecule has 242 valence electrons. The van der Waals surface area contributed by atoms with Crippen LogP contribution < -0.4 is 34.9 Å². The van der Waals surface area contributed by atoms with E-state index in [1.54, 1.807) is 6.92 Å². The molecule has 1 aliphatic heterocycles.